The zero-order valence-electron chi connectivity index (χ0n) is 15.3. The summed E-state index contributed by atoms with van der Waals surface area (Å²) in [6, 6.07) is 18.2. The Labute approximate surface area is 167 Å². The van der Waals surface area contributed by atoms with Crippen molar-refractivity contribution in [3.8, 4) is 0 Å². The van der Waals surface area contributed by atoms with E-state index in [9.17, 15) is 9.59 Å². The second kappa shape index (κ2) is 9.23. The lowest BCUT2D eigenvalue weighted by Gasteiger charge is -2.27. The molecule has 2 aromatic carbocycles. The van der Waals surface area contributed by atoms with Crippen LogP contribution in [0.2, 0.25) is 0 Å². The number of carboxylic acid groups (broad SMARTS) is 1. The third kappa shape index (κ3) is 4.61. The van der Waals surface area contributed by atoms with Gasteiger partial charge in [-0.1, -0.05) is 72.4 Å². The summed E-state index contributed by atoms with van der Waals surface area (Å²) < 4.78 is 5.31. The third-order valence-electron chi connectivity index (χ3n) is 4.03. The minimum Gasteiger partial charge on any atom is -0.481 e. The van der Waals surface area contributed by atoms with Gasteiger partial charge in [-0.25, -0.2) is 9.79 Å². The van der Waals surface area contributed by atoms with E-state index in [0.29, 0.717) is 16.4 Å². The lowest BCUT2D eigenvalue weighted by atomic mass is 9.94. The number of nitrogens with one attached hydrogen (secondary N) is 1. The first kappa shape index (κ1) is 19.7. The van der Waals surface area contributed by atoms with Crippen LogP contribution < -0.4 is 5.32 Å². The van der Waals surface area contributed by atoms with E-state index in [0.717, 1.165) is 22.9 Å². The summed E-state index contributed by atoms with van der Waals surface area (Å²) in [4.78, 5) is 28.5. The molecule has 0 unspecified atom stereocenters. The minimum absolute atomic E-state index is 0.135. The number of aliphatic carboxylic acids is 1. The van der Waals surface area contributed by atoms with Crippen molar-refractivity contribution in [2.75, 3.05) is 12.4 Å². The highest BCUT2D eigenvalue weighted by atomic mass is 32.2. The number of hydrogen-bond donors (Lipinski definition) is 2. The maximum absolute atomic E-state index is 12.8. The number of ether oxygens (including phenoxy) is 1. The molecule has 0 bridgehead atoms. The predicted octanol–water partition coefficient (Wildman–Crippen LogP) is 3.48. The Morgan fingerprint density at radius 1 is 1.11 bits per heavy atom. The van der Waals surface area contributed by atoms with Crippen molar-refractivity contribution in [1.29, 1.82) is 0 Å². The second-order valence-electron chi connectivity index (χ2n) is 5.93. The van der Waals surface area contributed by atoms with Crippen LogP contribution in [0.25, 0.3) is 5.70 Å². The molecule has 0 amide bonds. The zero-order chi connectivity index (χ0) is 19.9. The molecule has 0 saturated carbocycles. The molecule has 7 heteroatoms. The minimum atomic E-state index is -0.938. The van der Waals surface area contributed by atoms with Crippen LogP contribution in [0.4, 0.5) is 0 Å². The molecule has 0 fully saturated rings. The van der Waals surface area contributed by atoms with Gasteiger partial charge in [0.05, 0.1) is 23.6 Å². The van der Waals surface area contributed by atoms with Crippen LogP contribution in [-0.2, 0) is 14.3 Å². The van der Waals surface area contributed by atoms with Gasteiger partial charge in [-0.15, -0.1) is 0 Å². The van der Waals surface area contributed by atoms with Gasteiger partial charge in [0.2, 0.25) is 0 Å². The van der Waals surface area contributed by atoms with Gasteiger partial charge in [0.25, 0.3) is 0 Å². The van der Waals surface area contributed by atoms with E-state index in [1.54, 1.807) is 6.92 Å². The number of amidine groups is 1. The number of nitrogens with zero attached hydrogens (tertiary/aromatic N) is 1. The second-order valence-corrected chi connectivity index (χ2v) is 6.89. The summed E-state index contributed by atoms with van der Waals surface area (Å²) >= 11 is 1.08. The number of carboxylic acids is 1. The van der Waals surface area contributed by atoms with Crippen molar-refractivity contribution in [2.24, 2.45) is 4.99 Å². The maximum Gasteiger partial charge on any atom is 0.338 e. The smallest absolute Gasteiger partial charge is 0.338 e. The number of thioether (sulfide) groups is 1. The average molecular weight is 396 g/mol. The fourth-order valence-corrected chi connectivity index (χ4v) is 3.47. The summed E-state index contributed by atoms with van der Waals surface area (Å²) in [5.41, 5.74) is 2.61. The van der Waals surface area contributed by atoms with Crippen molar-refractivity contribution >= 4 is 34.6 Å². The number of esters is 1. The molecule has 6 nitrogen and oxygen atoms in total. The van der Waals surface area contributed by atoms with Gasteiger partial charge in [-0.3, -0.25) is 4.79 Å². The molecule has 0 aliphatic carbocycles. The average Bonchev–Trinajstić information content (AvgIpc) is 2.73. The Bertz CT molecular complexity index is 911. The summed E-state index contributed by atoms with van der Waals surface area (Å²) in [5, 5.41) is 12.6. The van der Waals surface area contributed by atoms with Crippen molar-refractivity contribution in [3.05, 3.63) is 77.4 Å². The molecule has 3 rings (SSSR count). The van der Waals surface area contributed by atoms with Gasteiger partial charge in [0.15, 0.2) is 5.17 Å². The predicted molar refractivity (Wildman–Crippen MR) is 110 cm³/mol. The number of rotatable bonds is 6. The van der Waals surface area contributed by atoms with E-state index in [1.807, 2.05) is 60.7 Å². The number of aliphatic imine (C=N–C) groups is 1. The number of carbonyl (C=O) groups excluding carboxylic acids is 1. The molecule has 1 aliphatic heterocycles. The van der Waals surface area contributed by atoms with Crippen molar-refractivity contribution < 1.29 is 19.4 Å². The molecule has 28 heavy (non-hydrogen) atoms. The van der Waals surface area contributed by atoms with Crippen LogP contribution in [0, 0.1) is 0 Å². The standard InChI is InChI=1S/C21H20N2O4S/c1-2-27-20(26)17-18(14-9-5-3-6-10-14)22-21(28-13-16(24)25)23-19(17)15-11-7-4-8-12-15/h3-12,18H,2,13H2,1H3,(H,22,23)(H,24,25)/t18-/m0/s1. The third-order valence-corrected chi connectivity index (χ3v) is 4.90. The fourth-order valence-electron chi connectivity index (χ4n) is 2.86. The SMILES string of the molecule is CCOC(=O)C1=C(c2ccccc2)NC(SCC(=O)O)=N[C@H]1c1ccccc1. The molecule has 144 valence electrons. The molecular formula is C21H20N2O4S. The van der Waals surface area contributed by atoms with E-state index in [2.05, 4.69) is 10.3 Å². The molecule has 1 aliphatic rings. The van der Waals surface area contributed by atoms with Gasteiger partial charge in [0, 0.05) is 0 Å². The van der Waals surface area contributed by atoms with Gasteiger partial charge in [-0.2, -0.15) is 0 Å². The summed E-state index contributed by atoms with van der Waals surface area (Å²) in [6.07, 6.45) is 0. The Balaban J connectivity index is 2.12. The van der Waals surface area contributed by atoms with Crippen LogP contribution in [0.15, 0.2) is 71.2 Å². The highest BCUT2D eigenvalue weighted by Crippen LogP contribution is 2.36. The molecule has 2 N–H and O–H groups in total. The molecule has 0 saturated heterocycles. The molecule has 0 spiro atoms. The lowest BCUT2D eigenvalue weighted by Crippen LogP contribution is -2.31. The van der Waals surface area contributed by atoms with E-state index < -0.39 is 18.0 Å². The Kier molecular flexibility index (Phi) is 6.49. The lowest BCUT2D eigenvalue weighted by molar-refractivity contribution is -0.139. The maximum atomic E-state index is 12.8. The largest absolute Gasteiger partial charge is 0.481 e. The summed E-state index contributed by atoms with van der Waals surface area (Å²) in [6.45, 7) is 2.00. The fraction of sp³-hybridized carbons (Fsp3) is 0.190. The van der Waals surface area contributed by atoms with Crippen molar-refractivity contribution in [3.63, 3.8) is 0 Å². The number of benzene rings is 2. The van der Waals surface area contributed by atoms with E-state index in [1.165, 1.54) is 0 Å². The Morgan fingerprint density at radius 2 is 1.75 bits per heavy atom. The summed E-state index contributed by atoms with van der Waals surface area (Å²) in [5.74, 6) is -1.52. The Hall–Kier alpha value is -3.06. The quantitative estimate of drug-likeness (QED) is 0.727. The molecular weight excluding hydrogens is 376 g/mol. The van der Waals surface area contributed by atoms with Crippen LogP contribution >= 0.6 is 11.8 Å². The number of hydrogen-bond acceptors (Lipinski definition) is 6. The normalized spacial score (nSPS) is 16.2. The van der Waals surface area contributed by atoms with Crippen molar-refractivity contribution in [2.45, 2.75) is 13.0 Å². The monoisotopic (exact) mass is 396 g/mol. The van der Waals surface area contributed by atoms with Crippen LogP contribution in [0.1, 0.15) is 24.1 Å². The molecule has 0 aromatic heterocycles. The van der Waals surface area contributed by atoms with Gasteiger partial charge in [-0.05, 0) is 18.1 Å². The van der Waals surface area contributed by atoms with Gasteiger partial charge >= 0.3 is 11.9 Å². The van der Waals surface area contributed by atoms with E-state index >= 15 is 0 Å². The van der Waals surface area contributed by atoms with Crippen LogP contribution in [-0.4, -0.2) is 34.6 Å². The topological polar surface area (TPSA) is 88.0 Å². The van der Waals surface area contributed by atoms with Gasteiger partial charge < -0.3 is 15.2 Å². The first-order valence-electron chi connectivity index (χ1n) is 8.81. The molecule has 0 radical (unpaired) electrons. The summed E-state index contributed by atoms with van der Waals surface area (Å²) in [7, 11) is 0. The van der Waals surface area contributed by atoms with E-state index in [-0.39, 0.29) is 12.4 Å². The molecule has 1 heterocycles. The van der Waals surface area contributed by atoms with Crippen LogP contribution in [0.5, 0.6) is 0 Å². The Morgan fingerprint density at radius 3 is 2.36 bits per heavy atom. The molecule has 2 aromatic rings. The van der Waals surface area contributed by atoms with Crippen LogP contribution in [0.3, 0.4) is 0 Å². The van der Waals surface area contributed by atoms with E-state index in [4.69, 9.17) is 9.84 Å². The first-order valence-corrected chi connectivity index (χ1v) is 9.79. The van der Waals surface area contributed by atoms with Gasteiger partial charge in [0.1, 0.15) is 6.04 Å². The first-order chi connectivity index (χ1) is 13.6. The highest BCUT2D eigenvalue weighted by Gasteiger charge is 2.32. The zero-order valence-corrected chi connectivity index (χ0v) is 16.1. The molecule has 1 atom stereocenters. The number of carbonyl (C=O) groups is 2. The van der Waals surface area contributed by atoms with Crippen molar-refractivity contribution in [1.82, 2.24) is 5.32 Å². The highest BCUT2D eigenvalue weighted by molar-refractivity contribution is 8.14.